The lowest BCUT2D eigenvalue weighted by Crippen LogP contribution is -2.47. The highest BCUT2D eigenvalue weighted by atomic mass is 32.1. The number of aryl methyl sites for hydroxylation is 1. The van der Waals surface area contributed by atoms with Crippen LogP contribution in [0.3, 0.4) is 0 Å². The van der Waals surface area contributed by atoms with Gasteiger partial charge >= 0.3 is 0 Å². The first-order chi connectivity index (χ1) is 6.68. The highest BCUT2D eigenvalue weighted by Gasteiger charge is 2.32. The van der Waals surface area contributed by atoms with Gasteiger partial charge in [0.05, 0.1) is 13.2 Å². The normalized spacial score (nSPS) is 19.3. The van der Waals surface area contributed by atoms with E-state index in [0.717, 1.165) is 26.3 Å². The Balaban J connectivity index is 1.72. The van der Waals surface area contributed by atoms with E-state index in [1.807, 2.05) is 6.20 Å². The maximum Gasteiger partial charge on any atom is 0.107 e. The van der Waals surface area contributed by atoms with Crippen molar-refractivity contribution in [3.05, 3.63) is 16.1 Å². The Morgan fingerprint density at radius 2 is 2.43 bits per heavy atom. The van der Waals surface area contributed by atoms with Crippen LogP contribution in [0, 0.1) is 12.3 Å². The van der Waals surface area contributed by atoms with Gasteiger partial charge in [0.1, 0.15) is 5.01 Å². The van der Waals surface area contributed by atoms with Crippen molar-refractivity contribution in [3.8, 4) is 0 Å². The molecule has 1 saturated heterocycles. The Morgan fingerprint density at radius 1 is 1.64 bits per heavy atom. The standard InChI is InChI=1S/C10H16N2OS/c1-8-3-12-9(14-8)4-11-5-10(2)6-13-7-10/h3,11H,4-7H2,1-2H3. The van der Waals surface area contributed by atoms with Crippen molar-refractivity contribution in [2.45, 2.75) is 20.4 Å². The van der Waals surface area contributed by atoms with Gasteiger partial charge in [-0.15, -0.1) is 11.3 Å². The molecule has 14 heavy (non-hydrogen) atoms. The average Bonchev–Trinajstić information content (AvgIpc) is 2.49. The van der Waals surface area contributed by atoms with Crippen LogP contribution in [0.15, 0.2) is 6.20 Å². The Hall–Kier alpha value is -0.450. The lowest BCUT2D eigenvalue weighted by Gasteiger charge is -2.38. The largest absolute Gasteiger partial charge is 0.380 e. The Morgan fingerprint density at radius 3 is 2.93 bits per heavy atom. The van der Waals surface area contributed by atoms with E-state index in [-0.39, 0.29) is 0 Å². The van der Waals surface area contributed by atoms with E-state index in [2.05, 4.69) is 24.1 Å². The second-order valence-electron chi connectivity index (χ2n) is 4.27. The monoisotopic (exact) mass is 212 g/mol. The lowest BCUT2D eigenvalue weighted by atomic mass is 9.89. The summed E-state index contributed by atoms with van der Waals surface area (Å²) in [6.45, 7) is 8.01. The number of rotatable bonds is 4. The molecule has 3 nitrogen and oxygen atoms in total. The van der Waals surface area contributed by atoms with E-state index in [0.29, 0.717) is 5.41 Å². The number of thiazole rings is 1. The molecule has 1 aliphatic heterocycles. The summed E-state index contributed by atoms with van der Waals surface area (Å²) in [4.78, 5) is 5.58. The summed E-state index contributed by atoms with van der Waals surface area (Å²) in [5.41, 5.74) is 0.353. The fourth-order valence-corrected chi connectivity index (χ4v) is 2.26. The molecule has 0 spiro atoms. The maximum absolute atomic E-state index is 5.19. The number of aromatic nitrogens is 1. The van der Waals surface area contributed by atoms with E-state index in [4.69, 9.17) is 4.74 Å². The molecular weight excluding hydrogens is 196 g/mol. The molecule has 78 valence electrons. The minimum Gasteiger partial charge on any atom is -0.380 e. The third kappa shape index (κ3) is 2.32. The van der Waals surface area contributed by atoms with Crippen LogP contribution in [0.4, 0.5) is 0 Å². The number of ether oxygens (including phenoxy) is 1. The molecule has 0 bridgehead atoms. The van der Waals surface area contributed by atoms with Gasteiger partial charge in [-0.1, -0.05) is 6.92 Å². The Kier molecular flexibility index (Phi) is 2.85. The molecule has 0 amide bonds. The van der Waals surface area contributed by atoms with Gasteiger partial charge in [0.15, 0.2) is 0 Å². The SMILES string of the molecule is Cc1cnc(CNCC2(C)COC2)s1. The van der Waals surface area contributed by atoms with Gasteiger partial charge in [-0.3, -0.25) is 0 Å². The molecular formula is C10H16N2OS. The molecule has 1 fully saturated rings. The first kappa shape index (κ1) is 10.1. The summed E-state index contributed by atoms with van der Waals surface area (Å²) >= 11 is 1.76. The van der Waals surface area contributed by atoms with Gasteiger partial charge in [-0.2, -0.15) is 0 Å². The van der Waals surface area contributed by atoms with Crippen molar-refractivity contribution < 1.29 is 4.74 Å². The average molecular weight is 212 g/mol. The minimum atomic E-state index is 0.353. The fraction of sp³-hybridized carbons (Fsp3) is 0.700. The molecule has 1 aromatic heterocycles. The smallest absolute Gasteiger partial charge is 0.107 e. The van der Waals surface area contributed by atoms with Crippen molar-refractivity contribution in [1.82, 2.24) is 10.3 Å². The van der Waals surface area contributed by atoms with Crippen molar-refractivity contribution in [1.29, 1.82) is 0 Å². The molecule has 0 aromatic carbocycles. The van der Waals surface area contributed by atoms with Gasteiger partial charge in [0.25, 0.3) is 0 Å². The molecule has 0 aliphatic carbocycles. The summed E-state index contributed by atoms with van der Waals surface area (Å²) in [6.07, 6.45) is 1.93. The van der Waals surface area contributed by atoms with E-state index >= 15 is 0 Å². The first-order valence-electron chi connectivity index (χ1n) is 4.88. The molecule has 0 radical (unpaired) electrons. The van der Waals surface area contributed by atoms with Crippen molar-refractivity contribution in [3.63, 3.8) is 0 Å². The number of hydrogen-bond acceptors (Lipinski definition) is 4. The van der Waals surface area contributed by atoms with Gasteiger partial charge in [-0.25, -0.2) is 4.98 Å². The zero-order chi connectivity index (χ0) is 10.0. The van der Waals surface area contributed by atoms with Crippen molar-refractivity contribution >= 4 is 11.3 Å². The van der Waals surface area contributed by atoms with Crippen LogP contribution >= 0.6 is 11.3 Å². The number of nitrogens with zero attached hydrogens (tertiary/aromatic N) is 1. The van der Waals surface area contributed by atoms with Gasteiger partial charge in [0.2, 0.25) is 0 Å². The lowest BCUT2D eigenvalue weighted by molar-refractivity contribution is -0.0991. The van der Waals surface area contributed by atoms with Crippen LogP contribution in [0.5, 0.6) is 0 Å². The summed E-state index contributed by atoms with van der Waals surface area (Å²) in [6, 6.07) is 0. The molecule has 2 heterocycles. The summed E-state index contributed by atoms with van der Waals surface area (Å²) in [5, 5.41) is 4.60. The summed E-state index contributed by atoms with van der Waals surface area (Å²) in [5.74, 6) is 0. The molecule has 0 saturated carbocycles. The van der Waals surface area contributed by atoms with Crippen LogP contribution in [0.2, 0.25) is 0 Å². The highest BCUT2D eigenvalue weighted by molar-refractivity contribution is 7.11. The minimum absolute atomic E-state index is 0.353. The van der Waals surface area contributed by atoms with Crippen LogP contribution in [0.25, 0.3) is 0 Å². The third-order valence-corrected chi connectivity index (χ3v) is 3.31. The first-order valence-corrected chi connectivity index (χ1v) is 5.69. The third-order valence-electron chi connectivity index (χ3n) is 2.40. The second kappa shape index (κ2) is 3.96. The van der Waals surface area contributed by atoms with Crippen LogP contribution in [0.1, 0.15) is 16.8 Å². The Labute approximate surface area is 88.5 Å². The van der Waals surface area contributed by atoms with E-state index in [9.17, 15) is 0 Å². The maximum atomic E-state index is 5.19. The van der Waals surface area contributed by atoms with Crippen LogP contribution in [-0.4, -0.2) is 24.7 Å². The predicted molar refractivity (Wildman–Crippen MR) is 57.5 cm³/mol. The highest BCUT2D eigenvalue weighted by Crippen LogP contribution is 2.25. The molecule has 0 atom stereocenters. The van der Waals surface area contributed by atoms with Gasteiger partial charge < -0.3 is 10.1 Å². The zero-order valence-electron chi connectivity index (χ0n) is 8.67. The van der Waals surface area contributed by atoms with Crippen molar-refractivity contribution in [2.75, 3.05) is 19.8 Å². The Bertz CT molecular complexity index is 307. The predicted octanol–water partition coefficient (Wildman–Crippen LogP) is 1.58. The fourth-order valence-electron chi connectivity index (χ4n) is 1.51. The van der Waals surface area contributed by atoms with Crippen molar-refractivity contribution in [2.24, 2.45) is 5.41 Å². The quantitative estimate of drug-likeness (QED) is 0.822. The zero-order valence-corrected chi connectivity index (χ0v) is 9.49. The van der Waals surface area contributed by atoms with E-state index < -0.39 is 0 Å². The molecule has 0 unspecified atom stereocenters. The number of hydrogen-bond donors (Lipinski definition) is 1. The van der Waals surface area contributed by atoms with E-state index in [1.165, 1.54) is 9.88 Å². The topological polar surface area (TPSA) is 34.2 Å². The van der Waals surface area contributed by atoms with Crippen LogP contribution < -0.4 is 5.32 Å². The molecule has 4 heteroatoms. The summed E-state index contributed by atoms with van der Waals surface area (Å²) in [7, 11) is 0. The number of nitrogens with one attached hydrogen (secondary N) is 1. The van der Waals surface area contributed by atoms with Gasteiger partial charge in [0, 0.05) is 29.6 Å². The van der Waals surface area contributed by atoms with E-state index in [1.54, 1.807) is 11.3 Å². The molecule has 1 N–H and O–H groups in total. The molecule has 1 aromatic rings. The van der Waals surface area contributed by atoms with Gasteiger partial charge in [-0.05, 0) is 6.92 Å². The second-order valence-corrected chi connectivity index (χ2v) is 5.59. The van der Waals surface area contributed by atoms with Crippen LogP contribution in [-0.2, 0) is 11.3 Å². The molecule has 2 rings (SSSR count). The molecule has 1 aliphatic rings. The summed E-state index contributed by atoms with van der Waals surface area (Å²) < 4.78 is 5.19.